The molecule has 1 heterocycles. The highest BCUT2D eigenvalue weighted by Gasteiger charge is 2.30. The van der Waals surface area contributed by atoms with E-state index < -0.39 is 0 Å². The van der Waals surface area contributed by atoms with Crippen LogP contribution < -0.4 is 5.32 Å². The van der Waals surface area contributed by atoms with Crippen LogP contribution in [0.1, 0.15) is 45.2 Å². The normalized spacial score (nSPS) is 22.5. The highest BCUT2D eigenvalue weighted by molar-refractivity contribution is 5.83. The lowest BCUT2D eigenvalue weighted by Crippen LogP contribution is -2.50. The van der Waals surface area contributed by atoms with Gasteiger partial charge in [-0.15, -0.1) is 0 Å². The number of rotatable bonds is 4. The van der Waals surface area contributed by atoms with Gasteiger partial charge in [-0.05, 0) is 41.7 Å². The molecule has 1 aliphatic rings. The molecule has 0 spiro atoms. The molecule has 2 aromatic rings. The van der Waals surface area contributed by atoms with Gasteiger partial charge < -0.3 is 10.2 Å². The summed E-state index contributed by atoms with van der Waals surface area (Å²) >= 11 is 0. The second-order valence-corrected chi connectivity index (χ2v) is 7.02. The molecule has 1 aliphatic heterocycles. The van der Waals surface area contributed by atoms with Gasteiger partial charge in [0.1, 0.15) is 0 Å². The molecule has 1 N–H and O–H groups in total. The Morgan fingerprint density at radius 1 is 1.25 bits per heavy atom. The summed E-state index contributed by atoms with van der Waals surface area (Å²) in [5, 5.41) is 6.40. The van der Waals surface area contributed by atoms with Crippen LogP contribution in [0.3, 0.4) is 0 Å². The SMILES string of the molecule is CCC1CN(C(C)=O)CCC1NC(C)c1ccc2ccccc2c1. The van der Waals surface area contributed by atoms with Crippen LogP contribution >= 0.6 is 0 Å². The van der Waals surface area contributed by atoms with Crippen LogP contribution in [0.15, 0.2) is 42.5 Å². The maximum absolute atomic E-state index is 11.6. The zero-order chi connectivity index (χ0) is 17.1. The number of fused-ring (bicyclic) bond motifs is 1. The van der Waals surface area contributed by atoms with Crippen LogP contribution in [0.25, 0.3) is 10.8 Å². The molecular weight excluding hydrogens is 296 g/mol. The number of benzene rings is 2. The minimum absolute atomic E-state index is 0.203. The Bertz CT molecular complexity index is 712. The van der Waals surface area contributed by atoms with Crippen molar-refractivity contribution in [3.8, 4) is 0 Å². The van der Waals surface area contributed by atoms with Crippen molar-refractivity contribution in [2.24, 2.45) is 5.92 Å². The number of nitrogens with one attached hydrogen (secondary N) is 1. The van der Waals surface area contributed by atoms with Crippen LogP contribution in [0.4, 0.5) is 0 Å². The van der Waals surface area contributed by atoms with E-state index in [1.807, 2.05) is 4.90 Å². The fraction of sp³-hybridized carbons (Fsp3) is 0.476. The maximum atomic E-state index is 11.6. The number of amides is 1. The van der Waals surface area contributed by atoms with Crippen molar-refractivity contribution in [3.63, 3.8) is 0 Å². The molecule has 1 amide bonds. The number of hydrogen-bond acceptors (Lipinski definition) is 2. The summed E-state index contributed by atoms with van der Waals surface area (Å²) in [4.78, 5) is 13.6. The van der Waals surface area contributed by atoms with Crippen LogP contribution in [0, 0.1) is 5.92 Å². The molecule has 24 heavy (non-hydrogen) atoms. The molecule has 0 saturated carbocycles. The first-order valence-corrected chi connectivity index (χ1v) is 9.08. The number of carbonyl (C=O) groups excluding carboxylic acids is 1. The summed E-state index contributed by atoms with van der Waals surface area (Å²) in [6.45, 7) is 7.90. The molecule has 3 unspecified atom stereocenters. The van der Waals surface area contributed by atoms with E-state index in [0.29, 0.717) is 18.0 Å². The number of carbonyl (C=O) groups is 1. The van der Waals surface area contributed by atoms with E-state index >= 15 is 0 Å². The van der Waals surface area contributed by atoms with Crippen molar-refractivity contribution in [1.29, 1.82) is 0 Å². The van der Waals surface area contributed by atoms with Gasteiger partial charge >= 0.3 is 0 Å². The van der Waals surface area contributed by atoms with E-state index in [9.17, 15) is 4.79 Å². The smallest absolute Gasteiger partial charge is 0.219 e. The van der Waals surface area contributed by atoms with Crippen LogP contribution in [-0.2, 0) is 4.79 Å². The van der Waals surface area contributed by atoms with Crippen molar-refractivity contribution >= 4 is 16.7 Å². The van der Waals surface area contributed by atoms with Crippen LogP contribution in [0.5, 0.6) is 0 Å². The van der Waals surface area contributed by atoms with Crippen LogP contribution in [-0.4, -0.2) is 29.9 Å². The van der Waals surface area contributed by atoms with Gasteiger partial charge in [-0.25, -0.2) is 0 Å². The Morgan fingerprint density at radius 2 is 2.00 bits per heavy atom. The summed E-state index contributed by atoms with van der Waals surface area (Å²) in [7, 11) is 0. The molecule has 3 heteroatoms. The number of nitrogens with zero attached hydrogens (tertiary/aromatic N) is 1. The average molecular weight is 324 g/mol. The minimum Gasteiger partial charge on any atom is -0.343 e. The van der Waals surface area contributed by atoms with E-state index in [2.05, 4.69) is 61.6 Å². The van der Waals surface area contributed by atoms with E-state index in [1.165, 1.54) is 16.3 Å². The largest absolute Gasteiger partial charge is 0.343 e. The van der Waals surface area contributed by atoms with Gasteiger partial charge in [-0.3, -0.25) is 4.79 Å². The number of likely N-dealkylation sites (tertiary alicyclic amines) is 1. The average Bonchev–Trinajstić information content (AvgIpc) is 2.61. The topological polar surface area (TPSA) is 32.3 Å². The lowest BCUT2D eigenvalue weighted by Gasteiger charge is -2.39. The number of hydrogen-bond donors (Lipinski definition) is 1. The van der Waals surface area contributed by atoms with E-state index in [0.717, 1.165) is 25.9 Å². The van der Waals surface area contributed by atoms with Crippen molar-refractivity contribution in [2.45, 2.75) is 45.7 Å². The molecule has 3 atom stereocenters. The first-order chi connectivity index (χ1) is 11.6. The molecule has 128 valence electrons. The van der Waals surface area contributed by atoms with Crippen molar-refractivity contribution < 1.29 is 4.79 Å². The Labute approximate surface area is 145 Å². The maximum Gasteiger partial charge on any atom is 0.219 e. The fourth-order valence-electron chi connectivity index (χ4n) is 3.85. The zero-order valence-corrected chi connectivity index (χ0v) is 15.0. The minimum atomic E-state index is 0.203. The first kappa shape index (κ1) is 17.0. The second kappa shape index (κ2) is 7.35. The van der Waals surface area contributed by atoms with Crippen molar-refractivity contribution in [2.75, 3.05) is 13.1 Å². The number of piperidine rings is 1. The Balaban J connectivity index is 1.70. The standard InChI is InChI=1S/C21H28N2O/c1-4-17-14-23(16(3)24)12-11-21(17)22-15(2)19-10-9-18-7-5-6-8-20(18)13-19/h5-10,13,15,17,21-22H,4,11-12,14H2,1-3H3. The highest BCUT2D eigenvalue weighted by Crippen LogP contribution is 2.25. The quantitative estimate of drug-likeness (QED) is 0.917. The lowest BCUT2D eigenvalue weighted by atomic mass is 9.88. The summed E-state index contributed by atoms with van der Waals surface area (Å²) in [5.74, 6) is 0.736. The van der Waals surface area contributed by atoms with Gasteiger partial charge in [0, 0.05) is 32.1 Å². The summed E-state index contributed by atoms with van der Waals surface area (Å²) in [6, 6.07) is 16.0. The predicted octanol–water partition coefficient (Wildman–Crippen LogP) is 4.14. The van der Waals surface area contributed by atoms with Crippen molar-refractivity contribution in [3.05, 3.63) is 48.0 Å². The third kappa shape index (κ3) is 3.62. The summed E-state index contributed by atoms with van der Waals surface area (Å²) < 4.78 is 0. The molecule has 0 aliphatic carbocycles. The second-order valence-electron chi connectivity index (χ2n) is 7.02. The third-order valence-electron chi connectivity index (χ3n) is 5.44. The van der Waals surface area contributed by atoms with Crippen LogP contribution in [0.2, 0.25) is 0 Å². The molecule has 2 aromatic carbocycles. The van der Waals surface area contributed by atoms with Gasteiger partial charge in [-0.1, -0.05) is 49.7 Å². The van der Waals surface area contributed by atoms with Gasteiger partial charge in [0.05, 0.1) is 0 Å². The summed E-state index contributed by atoms with van der Waals surface area (Å²) in [6.07, 6.45) is 2.14. The molecule has 0 radical (unpaired) electrons. The van der Waals surface area contributed by atoms with E-state index in [1.54, 1.807) is 6.92 Å². The van der Waals surface area contributed by atoms with Gasteiger partial charge in [0.15, 0.2) is 0 Å². The molecule has 3 nitrogen and oxygen atoms in total. The van der Waals surface area contributed by atoms with Crippen molar-refractivity contribution in [1.82, 2.24) is 10.2 Å². The molecule has 1 saturated heterocycles. The predicted molar refractivity (Wildman–Crippen MR) is 99.9 cm³/mol. The molecule has 1 fully saturated rings. The molecule has 3 rings (SSSR count). The molecule has 0 bridgehead atoms. The molecular formula is C21H28N2O. The summed E-state index contributed by atoms with van der Waals surface area (Å²) in [5.41, 5.74) is 1.33. The van der Waals surface area contributed by atoms with Gasteiger partial charge in [0.25, 0.3) is 0 Å². The Morgan fingerprint density at radius 3 is 2.71 bits per heavy atom. The van der Waals surface area contributed by atoms with Gasteiger partial charge in [0.2, 0.25) is 5.91 Å². The first-order valence-electron chi connectivity index (χ1n) is 9.08. The zero-order valence-electron chi connectivity index (χ0n) is 15.0. The monoisotopic (exact) mass is 324 g/mol. The lowest BCUT2D eigenvalue weighted by molar-refractivity contribution is -0.131. The third-order valence-corrected chi connectivity index (χ3v) is 5.44. The van der Waals surface area contributed by atoms with E-state index in [-0.39, 0.29) is 5.91 Å². The Kier molecular flexibility index (Phi) is 5.20. The highest BCUT2D eigenvalue weighted by atomic mass is 16.2. The Hall–Kier alpha value is -1.87. The van der Waals surface area contributed by atoms with E-state index in [4.69, 9.17) is 0 Å². The fourth-order valence-corrected chi connectivity index (χ4v) is 3.85. The van der Waals surface area contributed by atoms with Gasteiger partial charge in [-0.2, -0.15) is 0 Å². The molecule has 0 aromatic heterocycles.